The number of ketones is 1. The first-order valence-electron chi connectivity index (χ1n) is 16.2. The van der Waals surface area contributed by atoms with Gasteiger partial charge in [0.1, 0.15) is 16.6 Å². The first-order chi connectivity index (χ1) is 19.6. The highest BCUT2D eigenvalue weighted by atomic mass is 32.1. The minimum absolute atomic E-state index is 0.00872. The van der Waals surface area contributed by atoms with Gasteiger partial charge in [-0.2, -0.15) is 5.10 Å². The summed E-state index contributed by atoms with van der Waals surface area (Å²) in [5.41, 5.74) is 16.8. The Morgan fingerprint density at radius 2 is 1.74 bits per heavy atom. The second-order valence-corrected chi connectivity index (χ2v) is 18.0. The molecule has 7 nitrogen and oxygen atoms in total. The lowest BCUT2D eigenvalue weighted by molar-refractivity contribution is -0.166. The van der Waals surface area contributed by atoms with E-state index in [1.807, 2.05) is 0 Å². The molecule has 5 aliphatic rings. The summed E-state index contributed by atoms with van der Waals surface area (Å²) in [5.74, 6) is 2.47. The second-order valence-electron chi connectivity index (χ2n) is 16.9. The normalized spacial score (nSPS) is 41.4. The lowest BCUT2D eigenvalue weighted by Gasteiger charge is -2.70. The van der Waals surface area contributed by atoms with E-state index in [0.717, 1.165) is 50.0 Å². The summed E-state index contributed by atoms with van der Waals surface area (Å²) < 4.78 is 0. The van der Waals surface area contributed by atoms with Crippen LogP contribution in [0.1, 0.15) is 116 Å². The van der Waals surface area contributed by atoms with Gasteiger partial charge in [0, 0.05) is 22.1 Å². The van der Waals surface area contributed by atoms with Crippen LogP contribution in [0.4, 0.5) is 10.9 Å². The molecule has 2 aromatic rings. The quantitative estimate of drug-likeness (QED) is 0.329. The summed E-state index contributed by atoms with van der Waals surface area (Å²) >= 11 is 1.36. The SMILES string of the molecule is CC1(C)CC[C@]2(C(=O)Cc3nnc(N)s3)CC[C@]3(C)C(=CCC4[C@@]5(C)Cc6c(N)n[nH]c6C(C)(C)C5CC[C@]43C)C2C1. The number of anilines is 2. The lowest BCUT2D eigenvalue weighted by Crippen LogP contribution is -2.64. The molecule has 2 aromatic heterocycles. The van der Waals surface area contributed by atoms with Crippen LogP contribution in [0.2, 0.25) is 0 Å². The van der Waals surface area contributed by atoms with Gasteiger partial charge in [0.05, 0.1) is 6.42 Å². The summed E-state index contributed by atoms with van der Waals surface area (Å²) in [6.07, 6.45) is 12.8. The number of H-pyrrole nitrogens is 1. The van der Waals surface area contributed by atoms with Crippen molar-refractivity contribution in [2.75, 3.05) is 11.5 Å². The van der Waals surface area contributed by atoms with Crippen molar-refractivity contribution in [3.05, 3.63) is 27.9 Å². The molecule has 8 heteroatoms. The van der Waals surface area contributed by atoms with Crippen LogP contribution in [0.25, 0.3) is 0 Å². The average Bonchev–Trinajstić information content (AvgIpc) is 3.48. The Morgan fingerprint density at radius 3 is 2.45 bits per heavy atom. The van der Waals surface area contributed by atoms with Crippen molar-refractivity contribution in [3.63, 3.8) is 0 Å². The number of allylic oxidation sites excluding steroid dienone is 2. The van der Waals surface area contributed by atoms with Crippen molar-refractivity contribution in [1.82, 2.24) is 20.4 Å². The van der Waals surface area contributed by atoms with E-state index in [0.29, 0.717) is 40.9 Å². The second kappa shape index (κ2) is 8.70. The third-order valence-electron chi connectivity index (χ3n) is 14.2. The molecule has 3 unspecified atom stereocenters. The van der Waals surface area contributed by atoms with Crippen LogP contribution in [0.5, 0.6) is 0 Å². The maximum atomic E-state index is 14.4. The number of nitrogens with two attached hydrogens (primary N) is 2. The van der Waals surface area contributed by atoms with Gasteiger partial charge in [0.15, 0.2) is 0 Å². The van der Waals surface area contributed by atoms with Crippen LogP contribution in [0.3, 0.4) is 0 Å². The summed E-state index contributed by atoms with van der Waals surface area (Å²) in [7, 11) is 0. The van der Waals surface area contributed by atoms with Crippen LogP contribution in [0.15, 0.2) is 11.6 Å². The minimum Gasteiger partial charge on any atom is -0.382 e. The number of Topliss-reactive ketones (excluding diaryl/α,β-unsaturated/α-hetero) is 1. The van der Waals surface area contributed by atoms with Crippen molar-refractivity contribution < 1.29 is 4.79 Å². The Labute approximate surface area is 255 Å². The number of aromatic nitrogens is 4. The molecule has 0 spiro atoms. The first kappa shape index (κ1) is 28.5. The number of aromatic amines is 1. The highest BCUT2D eigenvalue weighted by molar-refractivity contribution is 7.15. The molecule has 5 N–H and O–H groups in total. The number of carbonyl (C=O) groups excluding carboxylic acids is 1. The number of hydrogen-bond acceptors (Lipinski definition) is 7. The van der Waals surface area contributed by atoms with Crippen LogP contribution in [0, 0.1) is 44.8 Å². The largest absolute Gasteiger partial charge is 0.382 e. The zero-order valence-electron chi connectivity index (χ0n) is 26.7. The maximum absolute atomic E-state index is 14.4. The topological polar surface area (TPSA) is 124 Å². The first-order valence-corrected chi connectivity index (χ1v) is 17.0. The smallest absolute Gasteiger partial charge is 0.203 e. The lowest BCUT2D eigenvalue weighted by atomic mass is 9.33. The number of fused-ring (bicyclic) bond motifs is 8. The number of nitrogens with one attached hydrogen (secondary N) is 1. The summed E-state index contributed by atoms with van der Waals surface area (Å²) in [4.78, 5) is 14.4. The number of carbonyl (C=O) groups is 1. The Morgan fingerprint density at radius 1 is 1.00 bits per heavy atom. The van der Waals surface area contributed by atoms with E-state index in [1.165, 1.54) is 35.4 Å². The molecular weight excluding hydrogens is 540 g/mol. The van der Waals surface area contributed by atoms with E-state index >= 15 is 0 Å². The molecule has 0 radical (unpaired) electrons. The third kappa shape index (κ3) is 3.56. The van der Waals surface area contributed by atoms with Crippen molar-refractivity contribution >= 4 is 28.1 Å². The summed E-state index contributed by atoms with van der Waals surface area (Å²) in [6.45, 7) is 17.4. The molecule has 2 heterocycles. The monoisotopic (exact) mass is 590 g/mol. The number of nitrogen functional groups attached to an aromatic ring is 2. The van der Waals surface area contributed by atoms with Gasteiger partial charge in [-0.3, -0.25) is 9.89 Å². The van der Waals surface area contributed by atoms with Crippen LogP contribution in [-0.2, 0) is 23.1 Å². The van der Waals surface area contributed by atoms with Gasteiger partial charge < -0.3 is 11.5 Å². The highest BCUT2D eigenvalue weighted by Gasteiger charge is 2.69. The number of nitrogens with zero attached hydrogens (tertiary/aromatic N) is 3. The maximum Gasteiger partial charge on any atom is 0.203 e. The van der Waals surface area contributed by atoms with Crippen molar-refractivity contribution in [3.8, 4) is 0 Å². The van der Waals surface area contributed by atoms with E-state index in [9.17, 15) is 4.79 Å². The fourth-order valence-corrected chi connectivity index (χ4v) is 12.4. The Hall–Kier alpha value is -2.22. The molecule has 5 aliphatic carbocycles. The van der Waals surface area contributed by atoms with E-state index in [-0.39, 0.29) is 32.5 Å². The predicted molar refractivity (Wildman–Crippen MR) is 169 cm³/mol. The van der Waals surface area contributed by atoms with E-state index in [4.69, 9.17) is 11.5 Å². The summed E-state index contributed by atoms with van der Waals surface area (Å²) in [5, 5.41) is 17.3. The molecule has 7 rings (SSSR count). The van der Waals surface area contributed by atoms with Crippen molar-refractivity contribution in [2.45, 2.75) is 118 Å². The molecule has 0 saturated heterocycles. The van der Waals surface area contributed by atoms with Gasteiger partial charge in [-0.25, -0.2) is 0 Å². The molecule has 0 aromatic carbocycles. The molecule has 3 fully saturated rings. The molecule has 0 bridgehead atoms. The fourth-order valence-electron chi connectivity index (χ4n) is 11.8. The zero-order chi connectivity index (χ0) is 30.1. The van der Waals surface area contributed by atoms with Crippen LogP contribution < -0.4 is 11.5 Å². The summed E-state index contributed by atoms with van der Waals surface area (Å²) in [6, 6.07) is 0. The Kier molecular flexibility index (Phi) is 5.91. The van der Waals surface area contributed by atoms with Crippen molar-refractivity contribution in [2.24, 2.45) is 44.8 Å². The number of hydrogen-bond donors (Lipinski definition) is 3. The predicted octanol–water partition coefficient (Wildman–Crippen LogP) is 7.05. The average molecular weight is 591 g/mol. The molecule has 0 amide bonds. The van der Waals surface area contributed by atoms with Crippen LogP contribution >= 0.6 is 11.3 Å². The van der Waals surface area contributed by atoms with E-state index in [1.54, 1.807) is 5.57 Å². The standard InChI is InChI=1S/C34H50N6OS/c1-29(2)12-14-34(24(41)16-25-37-40-28(36)42-25)15-13-32(6)20(21(34)18-29)8-9-23-31(5)17-19-26(38-39-27(19)35)30(3,4)22(31)10-11-33(23,32)7/h8,21-23H,9-18H2,1-7H3,(H2,36,40)(H3,35,38,39)/t21?,22?,23?,31-,32+,33+,34-/m0/s1. The van der Waals surface area contributed by atoms with Gasteiger partial charge >= 0.3 is 0 Å². The Balaban J connectivity index is 1.30. The zero-order valence-corrected chi connectivity index (χ0v) is 27.5. The molecule has 3 saturated carbocycles. The molecule has 42 heavy (non-hydrogen) atoms. The van der Waals surface area contributed by atoms with Gasteiger partial charge in [-0.15, -0.1) is 10.2 Å². The van der Waals surface area contributed by atoms with Gasteiger partial charge in [0.25, 0.3) is 0 Å². The Bertz CT molecular complexity index is 1490. The van der Waals surface area contributed by atoms with E-state index in [2.05, 4.69) is 74.9 Å². The number of rotatable bonds is 3. The third-order valence-corrected chi connectivity index (χ3v) is 15.0. The van der Waals surface area contributed by atoms with Crippen molar-refractivity contribution in [1.29, 1.82) is 0 Å². The van der Waals surface area contributed by atoms with Gasteiger partial charge in [0.2, 0.25) is 5.13 Å². The van der Waals surface area contributed by atoms with Crippen LogP contribution in [-0.4, -0.2) is 26.2 Å². The molecular formula is C34H50N6OS. The van der Waals surface area contributed by atoms with Gasteiger partial charge in [-0.1, -0.05) is 71.5 Å². The minimum atomic E-state index is -0.307. The highest BCUT2D eigenvalue weighted by Crippen LogP contribution is 2.75. The molecule has 0 aliphatic heterocycles. The fraction of sp³-hybridized carbons (Fsp3) is 0.765. The van der Waals surface area contributed by atoms with Gasteiger partial charge in [-0.05, 0) is 97.2 Å². The molecule has 228 valence electrons. The molecule has 7 atom stereocenters. The van der Waals surface area contributed by atoms with E-state index < -0.39 is 0 Å².